The highest BCUT2D eigenvalue weighted by Crippen LogP contribution is 2.20. The summed E-state index contributed by atoms with van der Waals surface area (Å²) in [4.78, 5) is 54.6. The molecule has 1 saturated heterocycles. The van der Waals surface area contributed by atoms with Crippen LogP contribution in [0.3, 0.4) is 0 Å². The number of carbonyl (C=O) groups is 4. The number of aliphatic carboxylic acids is 1. The molecule has 3 amide bonds. The molecule has 0 spiro atoms. The molecular weight excluding hydrogens is 506 g/mol. The lowest BCUT2D eigenvalue weighted by Gasteiger charge is -2.26. The number of aromatic nitrogens is 1. The average molecular weight is 546 g/mol. The Balaban J connectivity index is 1.79. The van der Waals surface area contributed by atoms with Crippen molar-refractivity contribution in [1.82, 2.24) is 26.3 Å². The van der Waals surface area contributed by atoms with Gasteiger partial charge in [-0.3, -0.25) is 14.4 Å². The maximum atomic E-state index is 13.6. The number of fused-ring (bicyclic) bond motifs is 1. The van der Waals surface area contributed by atoms with Gasteiger partial charge < -0.3 is 31.4 Å². The first-order valence-corrected chi connectivity index (χ1v) is 14.5. The van der Waals surface area contributed by atoms with Crippen LogP contribution >= 0.6 is 11.8 Å². The van der Waals surface area contributed by atoms with Crippen LogP contribution in [0.1, 0.15) is 45.1 Å². The number of aromatic amines is 1. The van der Waals surface area contributed by atoms with Gasteiger partial charge in [-0.25, -0.2) is 4.79 Å². The van der Waals surface area contributed by atoms with E-state index in [1.807, 2.05) is 50.6 Å². The van der Waals surface area contributed by atoms with Gasteiger partial charge in [-0.2, -0.15) is 11.8 Å². The highest BCUT2D eigenvalue weighted by atomic mass is 32.2. The smallest absolute Gasteiger partial charge is 0.326 e. The zero-order valence-electron chi connectivity index (χ0n) is 22.2. The molecule has 4 atom stereocenters. The molecule has 1 aliphatic heterocycles. The number of rotatable bonds is 14. The minimum Gasteiger partial charge on any atom is -0.480 e. The molecule has 0 saturated carbocycles. The van der Waals surface area contributed by atoms with Crippen molar-refractivity contribution in [2.75, 3.05) is 18.6 Å². The lowest BCUT2D eigenvalue weighted by Crippen LogP contribution is -2.57. The lowest BCUT2D eigenvalue weighted by molar-refractivity contribution is -0.142. The number of H-pyrrole nitrogens is 1. The maximum absolute atomic E-state index is 13.6. The number of para-hydroxylation sites is 1. The second-order valence-corrected chi connectivity index (χ2v) is 11.1. The van der Waals surface area contributed by atoms with Gasteiger partial charge in [0.25, 0.3) is 0 Å². The van der Waals surface area contributed by atoms with Crippen LogP contribution in [0.2, 0.25) is 0 Å². The van der Waals surface area contributed by atoms with Crippen LogP contribution in [0.5, 0.6) is 0 Å². The third-order valence-corrected chi connectivity index (χ3v) is 7.32. The predicted molar refractivity (Wildman–Crippen MR) is 149 cm³/mol. The normalized spacial score (nSPS) is 17.6. The minimum absolute atomic E-state index is 0.0601. The predicted octanol–water partition coefficient (Wildman–Crippen LogP) is 1.80. The fourth-order valence-corrected chi connectivity index (χ4v) is 5.12. The average Bonchev–Trinajstić information content (AvgIpc) is 3.56. The molecule has 1 aromatic heterocycles. The molecule has 11 heteroatoms. The molecule has 6 N–H and O–H groups in total. The maximum Gasteiger partial charge on any atom is 0.326 e. The molecular formula is C27H39N5O5S. The number of benzene rings is 1. The number of carboxylic acid groups (broad SMARTS) is 1. The number of nitrogens with one attached hydrogen (secondary N) is 5. The Morgan fingerprint density at radius 1 is 1.05 bits per heavy atom. The van der Waals surface area contributed by atoms with Crippen molar-refractivity contribution in [3.05, 3.63) is 36.0 Å². The summed E-state index contributed by atoms with van der Waals surface area (Å²) in [6.07, 6.45) is 6.10. The van der Waals surface area contributed by atoms with Crippen molar-refractivity contribution in [2.45, 2.75) is 70.1 Å². The van der Waals surface area contributed by atoms with E-state index in [2.05, 4.69) is 26.3 Å². The van der Waals surface area contributed by atoms with E-state index in [1.54, 1.807) is 0 Å². The van der Waals surface area contributed by atoms with Crippen LogP contribution in [0.4, 0.5) is 0 Å². The number of carboxylic acids is 1. The third kappa shape index (κ3) is 8.22. The molecule has 3 rings (SSSR count). The monoisotopic (exact) mass is 545 g/mol. The van der Waals surface area contributed by atoms with Crippen LogP contribution in [0.25, 0.3) is 10.9 Å². The SMILES string of the molecule is CSCCC(NC(=O)C(CC(C)C)NC(=O)C(Cc1c[nH]c2ccccc12)NC(=O)C1CCCN1)C(=O)O. The van der Waals surface area contributed by atoms with Crippen molar-refractivity contribution in [2.24, 2.45) is 5.92 Å². The standard InChI is InChI=1S/C27H39N5O5S/c1-16(2)13-22(25(34)30-21(27(36)37)10-12-38-3)31-26(35)23(32-24(33)20-9-6-11-28-20)14-17-15-29-19-8-5-4-7-18(17)19/h4-5,7-8,15-16,20-23,28-29H,6,9-14H2,1-3H3,(H,30,34)(H,31,35)(H,32,33)(H,36,37). The van der Waals surface area contributed by atoms with Crippen molar-refractivity contribution in [1.29, 1.82) is 0 Å². The van der Waals surface area contributed by atoms with Crippen LogP contribution in [-0.4, -0.2) is 76.5 Å². The molecule has 2 aromatic rings. The van der Waals surface area contributed by atoms with E-state index in [9.17, 15) is 24.3 Å². The second-order valence-electron chi connectivity index (χ2n) is 10.1. The number of thioether (sulfide) groups is 1. The van der Waals surface area contributed by atoms with Crippen molar-refractivity contribution in [3.8, 4) is 0 Å². The molecule has 10 nitrogen and oxygen atoms in total. The highest BCUT2D eigenvalue weighted by Gasteiger charge is 2.32. The van der Waals surface area contributed by atoms with E-state index in [0.29, 0.717) is 18.6 Å². The van der Waals surface area contributed by atoms with Gasteiger partial charge in [-0.1, -0.05) is 32.0 Å². The zero-order valence-corrected chi connectivity index (χ0v) is 23.0. The van der Waals surface area contributed by atoms with Gasteiger partial charge in [0, 0.05) is 23.5 Å². The van der Waals surface area contributed by atoms with Gasteiger partial charge in [-0.15, -0.1) is 0 Å². The van der Waals surface area contributed by atoms with E-state index >= 15 is 0 Å². The Labute approximate surface area is 227 Å². The van der Waals surface area contributed by atoms with Gasteiger partial charge in [0.1, 0.15) is 18.1 Å². The molecule has 1 aromatic carbocycles. The Morgan fingerprint density at radius 2 is 1.76 bits per heavy atom. The first kappa shape index (κ1) is 29.5. The Bertz CT molecular complexity index is 1110. The summed E-state index contributed by atoms with van der Waals surface area (Å²) in [6, 6.07) is 4.45. The first-order chi connectivity index (χ1) is 18.2. The summed E-state index contributed by atoms with van der Waals surface area (Å²) in [6.45, 7) is 4.59. The van der Waals surface area contributed by atoms with Crippen LogP contribution in [0.15, 0.2) is 30.5 Å². The van der Waals surface area contributed by atoms with E-state index in [-0.39, 0.29) is 30.7 Å². The quantitative estimate of drug-likeness (QED) is 0.212. The minimum atomic E-state index is -1.12. The molecule has 4 unspecified atom stereocenters. The summed E-state index contributed by atoms with van der Waals surface area (Å²) in [5, 5.41) is 21.9. The number of carbonyl (C=O) groups excluding carboxylic acids is 3. The van der Waals surface area contributed by atoms with Crippen molar-refractivity contribution >= 4 is 46.4 Å². The van der Waals surface area contributed by atoms with Gasteiger partial charge in [0.05, 0.1) is 6.04 Å². The molecule has 0 radical (unpaired) electrons. The molecule has 38 heavy (non-hydrogen) atoms. The van der Waals surface area contributed by atoms with Crippen molar-refractivity contribution < 1.29 is 24.3 Å². The fraction of sp³-hybridized carbons (Fsp3) is 0.556. The fourth-order valence-electron chi connectivity index (χ4n) is 4.65. The number of hydrogen-bond acceptors (Lipinski definition) is 6. The molecule has 1 aliphatic rings. The summed E-state index contributed by atoms with van der Waals surface area (Å²) < 4.78 is 0. The Morgan fingerprint density at radius 3 is 2.42 bits per heavy atom. The van der Waals surface area contributed by atoms with Crippen LogP contribution in [0, 0.1) is 5.92 Å². The van der Waals surface area contributed by atoms with Gasteiger partial charge in [0.15, 0.2) is 0 Å². The molecule has 208 valence electrons. The summed E-state index contributed by atoms with van der Waals surface area (Å²) >= 11 is 1.49. The van der Waals surface area contributed by atoms with Crippen LogP contribution < -0.4 is 21.3 Å². The molecule has 0 aliphatic carbocycles. The van der Waals surface area contributed by atoms with Crippen LogP contribution in [-0.2, 0) is 25.6 Å². The topological polar surface area (TPSA) is 152 Å². The zero-order chi connectivity index (χ0) is 27.7. The molecule has 1 fully saturated rings. The summed E-state index contributed by atoms with van der Waals surface area (Å²) in [7, 11) is 0. The van der Waals surface area contributed by atoms with E-state index in [0.717, 1.165) is 29.4 Å². The van der Waals surface area contributed by atoms with E-state index in [4.69, 9.17) is 0 Å². The highest BCUT2D eigenvalue weighted by molar-refractivity contribution is 7.98. The lowest BCUT2D eigenvalue weighted by atomic mass is 10.00. The number of hydrogen-bond donors (Lipinski definition) is 6. The van der Waals surface area contributed by atoms with E-state index < -0.39 is 35.9 Å². The third-order valence-electron chi connectivity index (χ3n) is 6.67. The van der Waals surface area contributed by atoms with Gasteiger partial charge in [0.2, 0.25) is 17.7 Å². The summed E-state index contributed by atoms with van der Waals surface area (Å²) in [5.41, 5.74) is 1.79. The Kier molecular flexibility index (Phi) is 11.0. The first-order valence-electron chi connectivity index (χ1n) is 13.1. The van der Waals surface area contributed by atoms with Gasteiger partial charge >= 0.3 is 5.97 Å². The Hall–Kier alpha value is -3.05. The molecule has 2 heterocycles. The summed E-state index contributed by atoms with van der Waals surface area (Å²) in [5.74, 6) is -1.77. The van der Waals surface area contributed by atoms with Gasteiger partial charge in [-0.05, 0) is 61.8 Å². The molecule has 0 bridgehead atoms. The van der Waals surface area contributed by atoms with Crippen molar-refractivity contribution in [3.63, 3.8) is 0 Å². The number of amides is 3. The van der Waals surface area contributed by atoms with E-state index in [1.165, 1.54) is 11.8 Å². The second kappa shape index (κ2) is 14.2. The largest absolute Gasteiger partial charge is 0.480 e.